The second-order valence-corrected chi connectivity index (χ2v) is 9.65. The number of rotatable bonds is 6. The first-order chi connectivity index (χ1) is 18.8. The molecule has 0 radical (unpaired) electrons. The summed E-state index contributed by atoms with van der Waals surface area (Å²) in [5.41, 5.74) is 1.78. The van der Waals surface area contributed by atoms with Crippen molar-refractivity contribution in [1.29, 1.82) is 0 Å². The molecule has 3 unspecified atom stereocenters. The van der Waals surface area contributed by atoms with E-state index in [1.165, 1.54) is 29.8 Å². The Labute approximate surface area is 228 Å². The maximum Gasteiger partial charge on any atom is 0.490 e. The Kier molecular flexibility index (Phi) is 9.45. The SMILES string of the molecule is COc1ccc(C23CCC(NC(=O)Nc4ccc([N+](=O)[O-])cc4)CC2N(C)CC3)cc1OC.O=C(O)C(F)(F)F. The number of alkyl halides is 3. The fourth-order valence-electron chi connectivity index (χ4n) is 5.41. The summed E-state index contributed by atoms with van der Waals surface area (Å²) in [6, 6.07) is 12.1. The van der Waals surface area contributed by atoms with Crippen LogP contribution in [0.25, 0.3) is 0 Å². The van der Waals surface area contributed by atoms with Crippen molar-refractivity contribution < 1.29 is 42.3 Å². The number of halogens is 3. The highest BCUT2D eigenvalue weighted by atomic mass is 19.4. The number of methoxy groups -OCH3 is 2. The summed E-state index contributed by atoms with van der Waals surface area (Å²) in [6.45, 7) is 1.00. The largest absolute Gasteiger partial charge is 0.493 e. The zero-order valence-corrected chi connectivity index (χ0v) is 22.2. The number of likely N-dealkylation sites (tertiary alicyclic amines) is 1. The predicted octanol–water partition coefficient (Wildman–Crippen LogP) is 4.56. The van der Waals surface area contributed by atoms with Gasteiger partial charge in [-0.1, -0.05) is 6.07 Å². The molecular formula is C26H31F3N4O7. The van der Waals surface area contributed by atoms with Crippen molar-refractivity contribution in [2.45, 2.75) is 49.4 Å². The highest BCUT2D eigenvalue weighted by molar-refractivity contribution is 5.89. The lowest BCUT2D eigenvalue weighted by Crippen LogP contribution is -2.52. The third-order valence-electron chi connectivity index (χ3n) is 7.40. The molecule has 218 valence electrons. The highest BCUT2D eigenvalue weighted by Gasteiger charge is 2.50. The minimum atomic E-state index is -5.08. The number of non-ortho nitro benzene ring substituents is 1. The molecule has 14 heteroatoms. The number of urea groups is 1. The maximum absolute atomic E-state index is 12.6. The quantitative estimate of drug-likeness (QED) is 0.340. The van der Waals surface area contributed by atoms with Gasteiger partial charge in [-0.05, 0) is 69.1 Å². The molecule has 2 aromatic carbocycles. The molecule has 2 aromatic rings. The Morgan fingerprint density at radius 3 is 2.27 bits per heavy atom. The van der Waals surface area contributed by atoms with Gasteiger partial charge in [-0.3, -0.25) is 10.1 Å². The molecule has 1 aliphatic carbocycles. The molecule has 3 atom stereocenters. The highest BCUT2D eigenvalue weighted by Crippen LogP contribution is 2.49. The number of nitrogens with zero attached hydrogens (tertiary/aromatic N) is 2. The number of aliphatic carboxylic acids is 1. The number of carbonyl (C=O) groups is 2. The first-order valence-electron chi connectivity index (χ1n) is 12.4. The van der Waals surface area contributed by atoms with Gasteiger partial charge in [0.25, 0.3) is 5.69 Å². The van der Waals surface area contributed by atoms with E-state index in [9.17, 15) is 28.1 Å². The second-order valence-electron chi connectivity index (χ2n) is 9.65. The van der Waals surface area contributed by atoms with E-state index in [-0.39, 0.29) is 23.2 Å². The summed E-state index contributed by atoms with van der Waals surface area (Å²) in [5.74, 6) is -1.30. The third kappa shape index (κ3) is 6.92. The lowest BCUT2D eigenvalue weighted by atomic mass is 9.65. The van der Waals surface area contributed by atoms with Crippen molar-refractivity contribution in [2.75, 3.05) is 33.1 Å². The summed E-state index contributed by atoms with van der Waals surface area (Å²) in [6.07, 6.45) is -1.35. The molecule has 2 amide bonds. The van der Waals surface area contributed by atoms with Crippen LogP contribution in [-0.2, 0) is 10.2 Å². The number of nitro benzene ring substituents is 1. The fraction of sp³-hybridized carbons (Fsp3) is 0.462. The molecule has 0 aromatic heterocycles. The standard InChI is InChI=1S/C24H30N4O5.C2HF3O2/c1-27-13-12-24(16-4-9-20(32-2)21(14-16)33-3)11-10-18(15-22(24)27)26-23(29)25-17-5-7-19(8-6-17)28(30)31;3-2(4,5)1(6)7/h4-9,14,18,22H,10-13,15H2,1-3H3,(H2,25,26,29);(H,6,7). The number of ether oxygens (including phenoxy) is 2. The lowest BCUT2D eigenvalue weighted by Gasteiger charge is -2.45. The predicted molar refractivity (Wildman–Crippen MR) is 139 cm³/mol. The first kappa shape index (κ1) is 30.5. The van der Waals surface area contributed by atoms with Crippen LogP contribution in [0.1, 0.15) is 31.2 Å². The van der Waals surface area contributed by atoms with Gasteiger partial charge in [0.05, 0.1) is 19.1 Å². The number of amides is 2. The Hall–Kier alpha value is -4.07. The summed E-state index contributed by atoms with van der Waals surface area (Å²) in [4.78, 5) is 34.2. The van der Waals surface area contributed by atoms with Crippen molar-refractivity contribution in [3.8, 4) is 11.5 Å². The van der Waals surface area contributed by atoms with Crippen LogP contribution in [0.2, 0.25) is 0 Å². The van der Waals surface area contributed by atoms with Gasteiger partial charge in [-0.2, -0.15) is 13.2 Å². The molecule has 2 aliphatic rings. The number of benzene rings is 2. The number of nitrogens with one attached hydrogen (secondary N) is 2. The van der Waals surface area contributed by atoms with Gasteiger partial charge in [0.2, 0.25) is 0 Å². The van der Waals surface area contributed by atoms with Gasteiger partial charge in [0, 0.05) is 35.3 Å². The zero-order chi connectivity index (χ0) is 29.7. The molecule has 3 N–H and O–H groups in total. The topological polar surface area (TPSA) is 143 Å². The monoisotopic (exact) mass is 568 g/mol. The van der Waals surface area contributed by atoms with Gasteiger partial charge >= 0.3 is 18.2 Å². The fourth-order valence-corrected chi connectivity index (χ4v) is 5.41. The van der Waals surface area contributed by atoms with Gasteiger partial charge in [0.15, 0.2) is 11.5 Å². The molecule has 40 heavy (non-hydrogen) atoms. The van der Waals surface area contributed by atoms with Gasteiger partial charge < -0.3 is 30.1 Å². The average Bonchev–Trinajstić information content (AvgIpc) is 3.25. The van der Waals surface area contributed by atoms with E-state index in [4.69, 9.17) is 19.4 Å². The number of carbonyl (C=O) groups excluding carboxylic acids is 1. The average molecular weight is 569 g/mol. The minimum absolute atomic E-state index is 0.0102. The molecular weight excluding hydrogens is 537 g/mol. The molecule has 2 fully saturated rings. The number of carboxylic acids is 1. The second kappa shape index (κ2) is 12.4. The Bertz CT molecular complexity index is 1230. The summed E-state index contributed by atoms with van der Waals surface area (Å²) < 4.78 is 42.7. The molecule has 0 bridgehead atoms. The summed E-state index contributed by atoms with van der Waals surface area (Å²) in [5, 5.41) is 23.8. The van der Waals surface area contributed by atoms with Crippen LogP contribution in [0.4, 0.5) is 29.3 Å². The number of carboxylic acid groups (broad SMARTS) is 1. The van der Waals surface area contributed by atoms with Crippen LogP contribution in [-0.4, -0.2) is 73.0 Å². The van der Waals surface area contributed by atoms with Crippen molar-refractivity contribution in [3.63, 3.8) is 0 Å². The van der Waals surface area contributed by atoms with Crippen LogP contribution < -0.4 is 20.1 Å². The van der Waals surface area contributed by atoms with Crippen LogP contribution in [0, 0.1) is 10.1 Å². The van der Waals surface area contributed by atoms with E-state index in [0.717, 1.165) is 43.7 Å². The first-order valence-corrected chi connectivity index (χ1v) is 12.4. The van der Waals surface area contributed by atoms with Gasteiger partial charge in [-0.15, -0.1) is 0 Å². The van der Waals surface area contributed by atoms with Gasteiger partial charge in [0.1, 0.15) is 0 Å². The Morgan fingerprint density at radius 2 is 1.73 bits per heavy atom. The number of hydrogen-bond donors (Lipinski definition) is 3. The molecule has 1 heterocycles. The van der Waals surface area contributed by atoms with Crippen molar-refractivity contribution in [2.24, 2.45) is 0 Å². The molecule has 4 rings (SSSR count). The van der Waals surface area contributed by atoms with Crippen molar-refractivity contribution in [3.05, 3.63) is 58.1 Å². The van der Waals surface area contributed by atoms with Crippen LogP contribution >= 0.6 is 0 Å². The third-order valence-corrected chi connectivity index (χ3v) is 7.40. The van der Waals surface area contributed by atoms with Crippen LogP contribution in [0.15, 0.2) is 42.5 Å². The molecule has 1 aliphatic heterocycles. The van der Waals surface area contributed by atoms with Crippen LogP contribution in [0.5, 0.6) is 11.5 Å². The number of anilines is 1. The minimum Gasteiger partial charge on any atom is -0.493 e. The Balaban J connectivity index is 0.000000559. The van der Waals surface area contributed by atoms with E-state index in [1.807, 2.05) is 6.07 Å². The molecule has 1 saturated carbocycles. The smallest absolute Gasteiger partial charge is 0.490 e. The van der Waals surface area contributed by atoms with Crippen molar-refractivity contribution >= 4 is 23.4 Å². The van der Waals surface area contributed by atoms with E-state index < -0.39 is 17.1 Å². The van der Waals surface area contributed by atoms with Crippen molar-refractivity contribution in [1.82, 2.24) is 10.2 Å². The Morgan fingerprint density at radius 1 is 1.10 bits per heavy atom. The summed E-state index contributed by atoms with van der Waals surface area (Å²) >= 11 is 0. The number of nitro groups is 1. The lowest BCUT2D eigenvalue weighted by molar-refractivity contribution is -0.384. The maximum atomic E-state index is 12.6. The zero-order valence-electron chi connectivity index (χ0n) is 22.2. The van der Waals surface area contributed by atoms with E-state index in [0.29, 0.717) is 11.7 Å². The molecule has 0 spiro atoms. The normalized spacial score (nSPS) is 22.2. The van der Waals surface area contributed by atoms with E-state index in [2.05, 4.69) is 34.7 Å². The number of hydrogen-bond acceptors (Lipinski definition) is 7. The molecule has 1 saturated heterocycles. The molecule has 11 nitrogen and oxygen atoms in total. The summed E-state index contributed by atoms with van der Waals surface area (Å²) in [7, 11) is 5.44. The van der Waals surface area contributed by atoms with E-state index in [1.54, 1.807) is 14.2 Å². The van der Waals surface area contributed by atoms with Crippen LogP contribution in [0.3, 0.4) is 0 Å². The number of likely N-dealkylation sites (N-methyl/N-ethyl adjacent to an activating group) is 1. The number of fused-ring (bicyclic) bond motifs is 1. The van der Waals surface area contributed by atoms with Gasteiger partial charge in [-0.25, -0.2) is 9.59 Å². The van der Waals surface area contributed by atoms with E-state index >= 15 is 0 Å².